The van der Waals surface area contributed by atoms with E-state index in [0.29, 0.717) is 44.2 Å². The highest BCUT2D eigenvalue weighted by molar-refractivity contribution is 6.32. The number of aromatic nitrogens is 2. The van der Waals surface area contributed by atoms with Gasteiger partial charge in [0, 0.05) is 30.5 Å². The number of hydrogen-bond donors (Lipinski definition) is 1. The fourth-order valence-corrected chi connectivity index (χ4v) is 4.65. The van der Waals surface area contributed by atoms with Crippen molar-refractivity contribution in [3.63, 3.8) is 0 Å². The van der Waals surface area contributed by atoms with E-state index >= 15 is 0 Å². The van der Waals surface area contributed by atoms with Crippen molar-refractivity contribution in [1.29, 1.82) is 0 Å². The summed E-state index contributed by atoms with van der Waals surface area (Å²) in [6, 6.07) is 11.7. The van der Waals surface area contributed by atoms with Crippen LogP contribution in [0.4, 0.5) is 0 Å². The van der Waals surface area contributed by atoms with Crippen LogP contribution in [0, 0.1) is 13.8 Å². The topological polar surface area (TPSA) is 69.0 Å². The second-order valence-corrected chi connectivity index (χ2v) is 9.68. The van der Waals surface area contributed by atoms with Gasteiger partial charge in [-0.05, 0) is 80.3 Å². The molecule has 1 saturated heterocycles. The van der Waals surface area contributed by atoms with Gasteiger partial charge in [-0.25, -0.2) is 0 Å². The molecule has 4 rings (SSSR count). The van der Waals surface area contributed by atoms with Gasteiger partial charge in [-0.2, -0.15) is 5.10 Å². The number of nitrogens with zero attached hydrogens (tertiary/aromatic N) is 3. The largest absolute Gasteiger partial charge is 0.493 e. The van der Waals surface area contributed by atoms with E-state index in [4.69, 9.17) is 25.8 Å². The molecule has 0 spiro atoms. The summed E-state index contributed by atoms with van der Waals surface area (Å²) in [5.41, 5.74) is 2.14. The Hall–Kier alpha value is -2.74. The first-order chi connectivity index (χ1) is 16.8. The van der Waals surface area contributed by atoms with Crippen molar-refractivity contribution in [2.75, 3.05) is 33.4 Å². The lowest BCUT2D eigenvalue weighted by atomic mass is 9.93. The number of β-amino-alcohol motifs (C(OH)–C–C–N with tert-alkyl or cyclic N) is 1. The van der Waals surface area contributed by atoms with Crippen LogP contribution in [0.15, 0.2) is 48.8 Å². The highest BCUT2D eigenvalue weighted by Crippen LogP contribution is 2.31. The normalized spacial score (nSPS) is 18.4. The standard InChI is InChI=1S/C27H34ClN3O4/c1-20-14-23(15-21(2)26(20)28)35-19-27(32)8-4-10-30(18-27)17-22-6-7-24(33-3)25(16-22)34-13-12-31-11-5-9-29-31/h5-7,9,11,14-16,32H,4,8,10,12-13,17-19H2,1-3H3. The molecule has 0 radical (unpaired) electrons. The van der Waals surface area contributed by atoms with E-state index in [2.05, 4.69) is 10.00 Å². The fourth-order valence-electron chi connectivity index (χ4n) is 4.54. The lowest BCUT2D eigenvalue weighted by Crippen LogP contribution is -2.51. The van der Waals surface area contributed by atoms with Gasteiger partial charge in [-0.1, -0.05) is 17.7 Å². The summed E-state index contributed by atoms with van der Waals surface area (Å²) in [5.74, 6) is 2.15. The number of methoxy groups -OCH3 is 1. The van der Waals surface area contributed by atoms with Gasteiger partial charge < -0.3 is 19.3 Å². The van der Waals surface area contributed by atoms with Crippen molar-refractivity contribution >= 4 is 11.6 Å². The van der Waals surface area contributed by atoms with Gasteiger partial charge >= 0.3 is 0 Å². The summed E-state index contributed by atoms with van der Waals surface area (Å²) >= 11 is 6.27. The van der Waals surface area contributed by atoms with Gasteiger partial charge in [0.05, 0.1) is 13.7 Å². The maximum atomic E-state index is 11.3. The maximum absolute atomic E-state index is 11.3. The zero-order valence-corrected chi connectivity index (χ0v) is 21.4. The van der Waals surface area contributed by atoms with E-state index < -0.39 is 5.60 Å². The van der Waals surface area contributed by atoms with Crippen molar-refractivity contribution in [2.45, 2.75) is 45.4 Å². The third kappa shape index (κ3) is 6.69. The van der Waals surface area contributed by atoms with E-state index in [-0.39, 0.29) is 6.61 Å². The smallest absolute Gasteiger partial charge is 0.161 e. The molecule has 2 heterocycles. The average Bonchev–Trinajstić information content (AvgIpc) is 3.35. The number of aryl methyl sites for hydroxylation is 2. The summed E-state index contributed by atoms with van der Waals surface area (Å²) in [7, 11) is 1.64. The molecular formula is C27H34ClN3O4. The molecule has 1 atom stereocenters. The Bertz CT molecular complexity index is 1100. The van der Waals surface area contributed by atoms with E-state index in [1.807, 2.05) is 61.1 Å². The van der Waals surface area contributed by atoms with Crippen LogP contribution in [0.3, 0.4) is 0 Å². The van der Waals surface area contributed by atoms with Gasteiger partial charge in [-0.15, -0.1) is 0 Å². The molecule has 0 aliphatic carbocycles. The van der Waals surface area contributed by atoms with Crippen LogP contribution in [-0.2, 0) is 13.1 Å². The Labute approximate surface area is 212 Å². The molecule has 1 aliphatic heterocycles. The van der Waals surface area contributed by atoms with Crippen molar-refractivity contribution in [3.05, 3.63) is 70.5 Å². The van der Waals surface area contributed by atoms with E-state index in [9.17, 15) is 5.11 Å². The molecule has 3 aromatic rings. The van der Waals surface area contributed by atoms with Crippen molar-refractivity contribution in [3.8, 4) is 17.2 Å². The summed E-state index contributed by atoms with van der Waals surface area (Å²) in [4.78, 5) is 2.26. The molecule has 0 bridgehead atoms. The predicted molar refractivity (Wildman–Crippen MR) is 137 cm³/mol. The Kier molecular flexibility index (Phi) is 8.21. The molecule has 7 nitrogen and oxygen atoms in total. The van der Waals surface area contributed by atoms with Crippen LogP contribution >= 0.6 is 11.6 Å². The molecule has 0 amide bonds. The first-order valence-corrected chi connectivity index (χ1v) is 12.3. The van der Waals surface area contributed by atoms with E-state index in [0.717, 1.165) is 40.4 Å². The third-order valence-corrected chi connectivity index (χ3v) is 6.92. The van der Waals surface area contributed by atoms with Crippen molar-refractivity contribution in [2.24, 2.45) is 0 Å². The average molecular weight is 500 g/mol. The molecule has 0 saturated carbocycles. The molecule has 1 N–H and O–H groups in total. The second-order valence-electron chi connectivity index (χ2n) is 9.30. The van der Waals surface area contributed by atoms with Crippen LogP contribution in [0.1, 0.15) is 29.5 Å². The quantitative estimate of drug-likeness (QED) is 0.438. The Morgan fingerprint density at radius 3 is 2.63 bits per heavy atom. The Balaban J connectivity index is 1.36. The number of piperidine rings is 1. The van der Waals surface area contributed by atoms with E-state index in [1.165, 1.54) is 0 Å². The number of aliphatic hydroxyl groups is 1. The van der Waals surface area contributed by atoms with Gasteiger partial charge in [0.25, 0.3) is 0 Å². The fraction of sp³-hybridized carbons (Fsp3) is 0.444. The van der Waals surface area contributed by atoms with Crippen molar-refractivity contribution < 1.29 is 19.3 Å². The van der Waals surface area contributed by atoms with Crippen LogP contribution in [0.25, 0.3) is 0 Å². The number of likely N-dealkylation sites (tertiary alicyclic amines) is 1. The summed E-state index contributed by atoms with van der Waals surface area (Å²) in [5, 5.41) is 16.2. The van der Waals surface area contributed by atoms with E-state index in [1.54, 1.807) is 13.3 Å². The molecule has 35 heavy (non-hydrogen) atoms. The van der Waals surface area contributed by atoms with Gasteiger partial charge in [0.15, 0.2) is 11.5 Å². The molecule has 1 unspecified atom stereocenters. The molecule has 1 aromatic heterocycles. The van der Waals surface area contributed by atoms with Crippen LogP contribution < -0.4 is 14.2 Å². The minimum Gasteiger partial charge on any atom is -0.493 e. The van der Waals surface area contributed by atoms with Crippen molar-refractivity contribution in [1.82, 2.24) is 14.7 Å². The second kappa shape index (κ2) is 11.3. The van der Waals surface area contributed by atoms with Crippen LogP contribution in [-0.4, -0.2) is 58.8 Å². The first kappa shape index (κ1) is 25.4. The lowest BCUT2D eigenvalue weighted by molar-refractivity contribution is -0.0621. The Morgan fingerprint density at radius 2 is 1.91 bits per heavy atom. The summed E-state index contributed by atoms with van der Waals surface area (Å²) in [6.07, 6.45) is 5.28. The zero-order chi connectivity index (χ0) is 24.8. The third-order valence-electron chi connectivity index (χ3n) is 6.32. The number of ether oxygens (including phenoxy) is 3. The number of rotatable bonds is 10. The predicted octanol–water partition coefficient (Wildman–Crippen LogP) is 4.65. The number of benzene rings is 2. The molecular weight excluding hydrogens is 466 g/mol. The summed E-state index contributed by atoms with van der Waals surface area (Å²) in [6.45, 7) is 7.49. The Morgan fingerprint density at radius 1 is 1.11 bits per heavy atom. The van der Waals surface area contributed by atoms with Crippen LogP contribution in [0.5, 0.6) is 17.2 Å². The van der Waals surface area contributed by atoms with Gasteiger partial charge in [-0.3, -0.25) is 9.58 Å². The van der Waals surface area contributed by atoms with Gasteiger partial charge in [0.2, 0.25) is 0 Å². The SMILES string of the molecule is COc1ccc(CN2CCCC(O)(COc3cc(C)c(Cl)c(C)c3)C2)cc1OCCn1cccn1. The molecule has 8 heteroatoms. The summed E-state index contributed by atoms with van der Waals surface area (Å²) < 4.78 is 19.3. The maximum Gasteiger partial charge on any atom is 0.161 e. The number of halogens is 1. The minimum atomic E-state index is -0.907. The van der Waals surface area contributed by atoms with Gasteiger partial charge in [0.1, 0.15) is 24.6 Å². The number of hydrogen-bond acceptors (Lipinski definition) is 6. The monoisotopic (exact) mass is 499 g/mol. The molecule has 2 aromatic carbocycles. The zero-order valence-electron chi connectivity index (χ0n) is 20.7. The lowest BCUT2D eigenvalue weighted by Gasteiger charge is -2.39. The molecule has 1 aliphatic rings. The first-order valence-electron chi connectivity index (χ1n) is 12.0. The molecule has 188 valence electrons. The highest BCUT2D eigenvalue weighted by atomic mass is 35.5. The highest BCUT2D eigenvalue weighted by Gasteiger charge is 2.34. The minimum absolute atomic E-state index is 0.244. The molecule has 1 fully saturated rings. The van der Waals surface area contributed by atoms with Crippen LogP contribution in [0.2, 0.25) is 5.02 Å².